The van der Waals surface area contributed by atoms with Gasteiger partial charge in [-0.3, -0.25) is 4.79 Å². The number of hydrogen-bond acceptors (Lipinski definition) is 3. The predicted octanol–water partition coefficient (Wildman–Crippen LogP) is 1.92. The highest BCUT2D eigenvalue weighted by Gasteiger charge is 2.48. The molecule has 1 aliphatic rings. The number of nitrogens with one attached hydrogen (secondary N) is 1. The smallest absolute Gasteiger partial charge is 0.321 e. The summed E-state index contributed by atoms with van der Waals surface area (Å²) in [4.78, 5) is 15.2. The number of hydrogen-bond donors (Lipinski definition) is 1. The van der Waals surface area contributed by atoms with Crippen molar-refractivity contribution in [2.45, 2.75) is 12.3 Å². The molecule has 0 aliphatic carbocycles. The number of carbonyl (C=O) groups is 1. The second-order valence-corrected chi connectivity index (χ2v) is 4.82. The summed E-state index contributed by atoms with van der Waals surface area (Å²) in [5.74, 6) is -0.222. The molecule has 2 heterocycles. The van der Waals surface area contributed by atoms with E-state index in [-0.39, 0.29) is 5.97 Å². The molecule has 18 heavy (non-hydrogen) atoms. The number of aromatic nitrogens is 1. The van der Waals surface area contributed by atoms with Crippen LogP contribution in [0.4, 0.5) is 0 Å². The first-order chi connectivity index (χ1) is 8.65. The molecule has 1 N–H and O–H groups in total. The summed E-state index contributed by atoms with van der Waals surface area (Å²) in [5.41, 5.74) is 2.54. The number of benzene rings is 1. The van der Waals surface area contributed by atoms with E-state index < -0.39 is 5.41 Å². The number of methoxy groups -OCH3 is 1. The third-order valence-corrected chi connectivity index (χ3v) is 3.58. The van der Waals surface area contributed by atoms with Crippen molar-refractivity contribution in [3.8, 4) is 0 Å². The standard InChI is InChI=1S/C14H15NO3/c1-9-5-10-6-11(3-4-12(10)15-9)14(7-18-8-14)13(16)17-2/h3-6,15H,7-8H2,1-2H3. The van der Waals surface area contributed by atoms with Crippen molar-refractivity contribution in [1.29, 1.82) is 0 Å². The third kappa shape index (κ3) is 1.46. The van der Waals surface area contributed by atoms with Crippen LogP contribution in [0.25, 0.3) is 10.9 Å². The number of aromatic amines is 1. The minimum Gasteiger partial charge on any atom is -0.468 e. The lowest BCUT2D eigenvalue weighted by atomic mass is 9.78. The molecule has 0 bridgehead atoms. The largest absolute Gasteiger partial charge is 0.468 e. The van der Waals surface area contributed by atoms with E-state index in [9.17, 15) is 4.79 Å². The summed E-state index contributed by atoms with van der Waals surface area (Å²) in [7, 11) is 1.42. The summed E-state index contributed by atoms with van der Waals surface area (Å²) in [5, 5.41) is 1.11. The molecule has 4 heteroatoms. The average Bonchev–Trinajstić information content (AvgIpc) is 2.66. The summed E-state index contributed by atoms with van der Waals surface area (Å²) < 4.78 is 10.1. The van der Waals surface area contributed by atoms with Crippen molar-refractivity contribution in [1.82, 2.24) is 4.98 Å². The van der Waals surface area contributed by atoms with Crippen molar-refractivity contribution in [2.75, 3.05) is 20.3 Å². The average molecular weight is 245 g/mol. The minimum atomic E-state index is -0.617. The molecule has 1 fully saturated rings. The molecule has 0 unspecified atom stereocenters. The zero-order chi connectivity index (χ0) is 12.8. The number of aryl methyl sites for hydroxylation is 1. The maximum Gasteiger partial charge on any atom is 0.321 e. The van der Waals surface area contributed by atoms with E-state index >= 15 is 0 Å². The number of ether oxygens (including phenoxy) is 2. The van der Waals surface area contributed by atoms with Gasteiger partial charge < -0.3 is 14.5 Å². The molecule has 0 atom stereocenters. The highest BCUT2D eigenvalue weighted by Crippen LogP contribution is 2.35. The maximum atomic E-state index is 11.9. The molecule has 94 valence electrons. The number of esters is 1. The zero-order valence-corrected chi connectivity index (χ0v) is 10.4. The van der Waals surface area contributed by atoms with E-state index in [1.165, 1.54) is 7.11 Å². The molecular formula is C14H15NO3. The van der Waals surface area contributed by atoms with Gasteiger partial charge in [0.2, 0.25) is 0 Å². The van der Waals surface area contributed by atoms with Crippen LogP contribution in [0, 0.1) is 6.92 Å². The van der Waals surface area contributed by atoms with Gasteiger partial charge in [-0.1, -0.05) is 6.07 Å². The lowest BCUT2D eigenvalue weighted by Gasteiger charge is -2.38. The topological polar surface area (TPSA) is 51.3 Å². The summed E-state index contributed by atoms with van der Waals surface area (Å²) in [6, 6.07) is 8.08. The van der Waals surface area contributed by atoms with Crippen LogP contribution in [0.1, 0.15) is 11.3 Å². The van der Waals surface area contributed by atoms with Crippen LogP contribution in [0.2, 0.25) is 0 Å². The van der Waals surface area contributed by atoms with Gasteiger partial charge in [0.05, 0.1) is 20.3 Å². The third-order valence-electron chi connectivity index (χ3n) is 3.58. The van der Waals surface area contributed by atoms with Gasteiger partial charge in [-0.25, -0.2) is 0 Å². The molecule has 0 saturated carbocycles. The molecule has 1 aromatic heterocycles. The molecule has 4 nitrogen and oxygen atoms in total. The monoisotopic (exact) mass is 245 g/mol. The van der Waals surface area contributed by atoms with Gasteiger partial charge in [0.15, 0.2) is 0 Å². The first-order valence-electron chi connectivity index (χ1n) is 5.92. The number of carbonyl (C=O) groups excluding carboxylic acids is 1. The Kier molecular flexibility index (Phi) is 2.41. The van der Waals surface area contributed by atoms with Gasteiger partial charge in [-0.2, -0.15) is 0 Å². The quantitative estimate of drug-likeness (QED) is 0.822. The SMILES string of the molecule is COC(=O)C1(c2ccc3[nH]c(C)cc3c2)COC1. The zero-order valence-electron chi connectivity index (χ0n) is 10.4. The van der Waals surface area contributed by atoms with E-state index in [1.54, 1.807) is 0 Å². The van der Waals surface area contributed by atoms with E-state index in [1.807, 2.05) is 25.1 Å². The van der Waals surface area contributed by atoms with E-state index in [0.29, 0.717) is 13.2 Å². The van der Waals surface area contributed by atoms with Crippen LogP contribution in [-0.4, -0.2) is 31.3 Å². The van der Waals surface area contributed by atoms with E-state index in [2.05, 4.69) is 11.1 Å². The van der Waals surface area contributed by atoms with E-state index in [4.69, 9.17) is 9.47 Å². The highest BCUT2D eigenvalue weighted by molar-refractivity contribution is 5.88. The van der Waals surface area contributed by atoms with Crippen LogP contribution in [0.5, 0.6) is 0 Å². The van der Waals surface area contributed by atoms with Crippen LogP contribution < -0.4 is 0 Å². The Morgan fingerprint density at radius 2 is 2.17 bits per heavy atom. The van der Waals surface area contributed by atoms with Crippen molar-refractivity contribution in [3.05, 3.63) is 35.5 Å². The number of H-pyrrole nitrogens is 1. The Bertz CT molecular complexity index is 611. The Balaban J connectivity index is 2.10. The summed E-state index contributed by atoms with van der Waals surface area (Å²) >= 11 is 0. The van der Waals surface area contributed by atoms with Gasteiger partial charge in [-0.15, -0.1) is 0 Å². The van der Waals surface area contributed by atoms with Gasteiger partial charge in [0.1, 0.15) is 5.41 Å². The maximum absolute atomic E-state index is 11.9. The summed E-state index contributed by atoms with van der Waals surface area (Å²) in [6.45, 7) is 2.81. The number of rotatable bonds is 2. The normalized spacial score (nSPS) is 17.4. The Labute approximate surface area is 105 Å². The molecule has 3 rings (SSSR count). The Hall–Kier alpha value is -1.81. The molecular weight excluding hydrogens is 230 g/mol. The second kappa shape index (κ2) is 3.85. The van der Waals surface area contributed by atoms with Gasteiger partial charge >= 0.3 is 5.97 Å². The van der Waals surface area contributed by atoms with Crippen LogP contribution in [0.3, 0.4) is 0 Å². The van der Waals surface area contributed by atoms with Crippen LogP contribution in [-0.2, 0) is 19.7 Å². The molecule has 1 aromatic carbocycles. The van der Waals surface area contributed by atoms with Gasteiger partial charge in [0, 0.05) is 11.2 Å². The van der Waals surface area contributed by atoms with Crippen LogP contribution in [0.15, 0.2) is 24.3 Å². The fraction of sp³-hybridized carbons (Fsp3) is 0.357. The van der Waals surface area contributed by atoms with E-state index in [0.717, 1.165) is 22.2 Å². The first kappa shape index (κ1) is 11.3. The number of fused-ring (bicyclic) bond motifs is 1. The Morgan fingerprint density at radius 3 is 2.78 bits per heavy atom. The molecule has 0 spiro atoms. The second-order valence-electron chi connectivity index (χ2n) is 4.82. The lowest BCUT2D eigenvalue weighted by molar-refractivity contribution is -0.166. The van der Waals surface area contributed by atoms with Gasteiger partial charge in [-0.05, 0) is 36.1 Å². The molecule has 1 saturated heterocycles. The predicted molar refractivity (Wildman–Crippen MR) is 67.5 cm³/mol. The van der Waals surface area contributed by atoms with Gasteiger partial charge in [0.25, 0.3) is 0 Å². The molecule has 0 radical (unpaired) electrons. The molecule has 2 aromatic rings. The summed E-state index contributed by atoms with van der Waals surface area (Å²) in [6.07, 6.45) is 0. The first-order valence-corrected chi connectivity index (χ1v) is 5.92. The fourth-order valence-corrected chi connectivity index (χ4v) is 2.48. The minimum absolute atomic E-state index is 0.222. The van der Waals surface area contributed by atoms with Crippen molar-refractivity contribution in [2.24, 2.45) is 0 Å². The molecule has 0 amide bonds. The van der Waals surface area contributed by atoms with Crippen molar-refractivity contribution in [3.63, 3.8) is 0 Å². The van der Waals surface area contributed by atoms with Crippen LogP contribution >= 0.6 is 0 Å². The molecule has 1 aliphatic heterocycles. The van der Waals surface area contributed by atoms with Crippen molar-refractivity contribution >= 4 is 16.9 Å². The van der Waals surface area contributed by atoms with Crippen molar-refractivity contribution < 1.29 is 14.3 Å². The lowest BCUT2D eigenvalue weighted by Crippen LogP contribution is -2.53. The highest BCUT2D eigenvalue weighted by atomic mass is 16.5. The Morgan fingerprint density at radius 1 is 1.39 bits per heavy atom. The fourth-order valence-electron chi connectivity index (χ4n) is 2.48.